The fourth-order valence-electron chi connectivity index (χ4n) is 4.11. The molecule has 3 N–H and O–H groups in total. The van der Waals surface area contributed by atoms with Gasteiger partial charge in [-0.05, 0) is 66.9 Å². The Morgan fingerprint density at radius 2 is 1.09 bits per heavy atom. The lowest BCUT2D eigenvalue weighted by atomic mass is 10.1. The van der Waals surface area contributed by atoms with E-state index in [1.165, 1.54) is 28.8 Å². The van der Waals surface area contributed by atoms with E-state index in [1.807, 2.05) is 79.9 Å². The van der Waals surface area contributed by atoms with E-state index in [0.29, 0.717) is 5.82 Å². The molecule has 6 aromatic rings. The minimum atomic E-state index is -3.55. The summed E-state index contributed by atoms with van der Waals surface area (Å²) in [6, 6.07) is 43.2. The van der Waals surface area contributed by atoms with Gasteiger partial charge in [0.1, 0.15) is 11.6 Å². The van der Waals surface area contributed by atoms with E-state index in [0.717, 1.165) is 34.6 Å². The van der Waals surface area contributed by atoms with Crippen LogP contribution in [-0.2, 0) is 15.6 Å². The molecular weight excluding hydrogens is 600 g/mol. The van der Waals surface area contributed by atoms with Gasteiger partial charge in [-0.2, -0.15) is 0 Å². The topological polar surface area (TPSA) is 98.0 Å². The summed E-state index contributed by atoms with van der Waals surface area (Å²) in [5.41, 5.74) is 13.6. The van der Waals surface area contributed by atoms with E-state index in [2.05, 4.69) is 64.7 Å². The number of pyridine rings is 2. The number of aryl methyl sites for hydroxylation is 2. The minimum absolute atomic E-state index is 0.143. The number of nitrogens with zero attached hydrogens (tertiary/aromatic N) is 2. The van der Waals surface area contributed by atoms with Crippen molar-refractivity contribution in [2.75, 3.05) is 11.1 Å². The summed E-state index contributed by atoms with van der Waals surface area (Å²) in [5, 5.41) is 3.35. The molecule has 6 nitrogen and oxygen atoms in total. The fraction of sp³-hybridized carbons (Fsp3) is 0.0811. The predicted molar refractivity (Wildman–Crippen MR) is 186 cm³/mol. The van der Waals surface area contributed by atoms with Crippen molar-refractivity contribution in [2.45, 2.75) is 25.3 Å². The minimum Gasteiger partial charge on any atom is -0.384 e. The fourth-order valence-corrected chi connectivity index (χ4v) is 4.88. The molecule has 0 radical (unpaired) electrons. The van der Waals surface area contributed by atoms with Gasteiger partial charge in [0.05, 0.1) is 4.90 Å². The first-order valence-electron chi connectivity index (χ1n) is 14.3. The number of rotatable bonds is 6. The molecule has 6 rings (SSSR count). The first kappa shape index (κ1) is 32.9. The maximum Gasteiger partial charge on any atom is 0.261 e. The highest BCUT2D eigenvalue weighted by atomic mass is 35.7. The highest BCUT2D eigenvalue weighted by Crippen LogP contribution is 2.20. The van der Waals surface area contributed by atoms with Gasteiger partial charge in [-0.3, -0.25) is 0 Å². The van der Waals surface area contributed by atoms with E-state index < -0.39 is 9.05 Å². The Labute approximate surface area is 270 Å². The van der Waals surface area contributed by atoms with Crippen molar-refractivity contribution in [3.05, 3.63) is 163 Å². The lowest BCUT2D eigenvalue weighted by molar-refractivity contribution is 0.609. The Bertz CT molecular complexity index is 1850. The smallest absolute Gasteiger partial charge is 0.261 e. The zero-order valence-corrected chi connectivity index (χ0v) is 26.7. The number of halogens is 1. The van der Waals surface area contributed by atoms with Crippen LogP contribution in [0.25, 0.3) is 22.3 Å². The molecule has 4 aromatic carbocycles. The van der Waals surface area contributed by atoms with Gasteiger partial charge in [0.15, 0.2) is 0 Å². The summed E-state index contributed by atoms with van der Waals surface area (Å²) in [6.07, 6.45) is 3.69. The Hall–Kier alpha value is -4.98. The Balaban J connectivity index is 0.000000165. The summed E-state index contributed by atoms with van der Waals surface area (Å²) in [7, 11) is 1.54. The van der Waals surface area contributed by atoms with Gasteiger partial charge in [-0.25, -0.2) is 18.4 Å². The summed E-state index contributed by atoms with van der Waals surface area (Å²) in [6.45, 7) is 4.77. The number of nitrogens with one attached hydrogen (secondary N) is 1. The van der Waals surface area contributed by atoms with Crippen molar-refractivity contribution in [3.63, 3.8) is 0 Å². The lowest BCUT2D eigenvalue weighted by Gasteiger charge is -2.07. The second kappa shape index (κ2) is 16.2. The van der Waals surface area contributed by atoms with Crippen molar-refractivity contribution in [2.24, 2.45) is 0 Å². The molecule has 0 saturated carbocycles. The third-order valence-electron chi connectivity index (χ3n) is 6.66. The molecule has 0 bridgehead atoms. The number of anilines is 2. The average Bonchev–Trinajstić information content (AvgIpc) is 3.06. The number of aromatic nitrogens is 2. The van der Waals surface area contributed by atoms with Crippen LogP contribution in [0.1, 0.15) is 16.7 Å². The molecule has 0 aliphatic carbocycles. The van der Waals surface area contributed by atoms with Crippen LogP contribution in [-0.4, -0.2) is 18.4 Å². The predicted octanol–water partition coefficient (Wildman–Crippen LogP) is 8.92. The third kappa shape index (κ3) is 10.9. The van der Waals surface area contributed by atoms with Gasteiger partial charge in [0.2, 0.25) is 0 Å². The van der Waals surface area contributed by atoms with Gasteiger partial charge in [0, 0.05) is 40.7 Å². The van der Waals surface area contributed by atoms with Crippen LogP contribution in [0.2, 0.25) is 0 Å². The second-order valence-electron chi connectivity index (χ2n) is 10.2. The van der Waals surface area contributed by atoms with Gasteiger partial charge in [-0.15, -0.1) is 0 Å². The van der Waals surface area contributed by atoms with Gasteiger partial charge in [0.25, 0.3) is 9.05 Å². The third-order valence-corrected chi connectivity index (χ3v) is 8.03. The Morgan fingerprint density at radius 3 is 1.53 bits per heavy atom. The summed E-state index contributed by atoms with van der Waals surface area (Å²) >= 11 is 0. The van der Waals surface area contributed by atoms with Gasteiger partial charge in [-0.1, -0.05) is 108 Å². The number of nitrogen functional groups attached to an aromatic ring is 1. The summed E-state index contributed by atoms with van der Waals surface area (Å²) < 4.78 is 21.4. The van der Waals surface area contributed by atoms with E-state index in [1.54, 1.807) is 18.3 Å². The quantitative estimate of drug-likeness (QED) is 0.178. The zero-order valence-electron chi connectivity index (χ0n) is 25.1. The molecule has 0 aliphatic rings. The Morgan fingerprint density at radius 1 is 0.600 bits per heavy atom. The number of nitrogens with two attached hydrogens (primary N) is 1. The summed E-state index contributed by atoms with van der Waals surface area (Å²) in [4.78, 5) is 8.65. The largest absolute Gasteiger partial charge is 0.384 e. The molecule has 0 saturated heterocycles. The molecular formula is C37H35ClN4O2S. The number of benzene rings is 4. The first-order chi connectivity index (χ1) is 21.7. The molecule has 0 unspecified atom stereocenters. The monoisotopic (exact) mass is 634 g/mol. The molecule has 0 fully saturated rings. The maximum absolute atomic E-state index is 10.7. The standard InChI is InChI=1S/C19H18N2.C11H10N2.C7H7ClO2S/c1-15-7-9-16(10-8-15)13-20-19-12-11-18(14-21-19)17-5-3-2-4-6-17;12-11-7-6-10(8-13-11)9-4-2-1-3-5-9;1-6-2-4-7(5-3-6)11(8,9)10/h2-12,14H,13H2,1H3,(H,20,21);1-8H,(H2,12,13);2-5H,1H3. The molecule has 8 heteroatoms. The first-order valence-corrected chi connectivity index (χ1v) is 16.6. The maximum atomic E-state index is 10.7. The van der Waals surface area contributed by atoms with E-state index in [-0.39, 0.29) is 4.90 Å². The molecule has 0 aliphatic heterocycles. The van der Waals surface area contributed by atoms with Crippen molar-refractivity contribution in [3.8, 4) is 22.3 Å². The van der Waals surface area contributed by atoms with Gasteiger partial charge < -0.3 is 11.1 Å². The highest BCUT2D eigenvalue weighted by molar-refractivity contribution is 8.13. The lowest BCUT2D eigenvalue weighted by Crippen LogP contribution is -2.01. The molecule has 0 spiro atoms. The number of hydrogen-bond donors (Lipinski definition) is 2. The molecule has 0 amide bonds. The van der Waals surface area contributed by atoms with Crippen LogP contribution < -0.4 is 11.1 Å². The van der Waals surface area contributed by atoms with Crippen LogP contribution in [0, 0.1) is 13.8 Å². The second-order valence-corrected chi connectivity index (χ2v) is 12.8. The summed E-state index contributed by atoms with van der Waals surface area (Å²) in [5.74, 6) is 1.45. The molecule has 0 atom stereocenters. The van der Waals surface area contributed by atoms with Crippen molar-refractivity contribution in [1.29, 1.82) is 0 Å². The van der Waals surface area contributed by atoms with E-state index in [4.69, 9.17) is 16.4 Å². The van der Waals surface area contributed by atoms with Crippen molar-refractivity contribution >= 4 is 31.4 Å². The Kier molecular flexibility index (Phi) is 11.8. The highest BCUT2D eigenvalue weighted by Gasteiger charge is 2.07. The van der Waals surface area contributed by atoms with E-state index >= 15 is 0 Å². The molecule has 2 heterocycles. The molecule has 228 valence electrons. The SMILES string of the molecule is Cc1ccc(CNc2ccc(-c3ccccc3)cn2)cc1.Cc1ccc(S(=O)(=O)Cl)cc1.Nc1ccc(-c2ccccc2)cn1. The van der Waals surface area contributed by atoms with Crippen molar-refractivity contribution < 1.29 is 8.42 Å². The zero-order chi connectivity index (χ0) is 32.1. The van der Waals surface area contributed by atoms with Crippen LogP contribution >= 0.6 is 10.7 Å². The molecule has 2 aromatic heterocycles. The normalized spacial score (nSPS) is 10.5. The van der Waals surface area contributed by atoms with Crippen molar-refractivity contribution in [1.82, 2.24) is 9.97 Å². The van der Waals surface area contributed by atoms with Crippen LogP contribution in [0.4, 0.5) is 11.6 Å². The van der Waals surface area contributed by atoms with Crippen LogP contribution in [0.3, 0.4) is 0 Å². The van der Waals surface area contributed by atoms with Crippen LogP contribution in [0.5, 0.6) is 0 Å². The van der Waals surface area contributed by atoms with Gasteiger partial charge >= 0.3 is 0 Å². The number of hydrogen-bond acceptors (Lipinski definition) is 6. The van der Waals surface area contributed by atoms with Crippen LogP contribution in [0.15, 0.2) is 151 Å². The van der Waals surface area contributed by atoms with E-state index in [9.17, 15) is 8.42 Å². The molecule has 45 heavy (non-hydrogen) atoms. The average molecular weight is 635 g/mol.